The normalized spacial score (nSPS) is 11.9. The van der Waals surface area contributed by atoms with Gasteiger partial charge in [0.2, 0.25) is 0 Å². The second-order valence-electron chi connectivity index (χ2n) is 3.56. The number of hydrogen-bond donors (Lipinski definition) is 2. The maximum atomic E-state index is 12.5. The largest absolute Gasteiger partial charge is 0.416 e. The number of halogens is 3. The van der Waals surface area contributed by atoms with E-state index in [0.717, 1.165) is 16.8 Å². The number of aromatic nitrogens is 3. The van der Waals surface area contributed by atoms with E-state index < -0.39 is 11.7 Å². The summed E-state index contributed by atoms with van der Waals surface area (Å²) in [4.78, 5) is 0. The lowest BCUT2D eigenvalue weighted by molar-refractivity contribution is -0.137. The highest BCUT2D eigenvalue weighted by molar-refractivity contribution is 5.80. The van der Waals surface area contributed by atoms with Crippen LogP contribution >= 0.6 is 0 Å². The van der Waals surface area contributed by atoms with Gasteiger partial charge in [-0.25, -0.2) is 10.1 Å². The van der Waals surface area contributed by atoms with Crippen LogP contribution in [0.5, 0.6) is 0 Å². The highest BCUT2D eigenvalue weighted by Crippen LogP contribution is 2.29. The van der Waals surface area contributed by atoms with Crippen LogP contribution in [0, 0.1) is 0 Å². The summed E-state index contributed by atoms with van der Waals surface area (Å²) in [5, 5.41) is 10.8. The molecule has 0 saturated carbocycles. The first-order chi connectivity index (χ1) is 8.97. The number of nitrogens with zero attached hydrogens (tertiary/aromatic N) is 4. The second-order valence-corrected chi connectivity index (χ2v) is 3.56. The van der Waals surface area contributed by atoms with E-state index in [1.54, 1.807) is 0 Å². The first-order valence-electron chi connectivity index (χ1n) is 5.08. The third-order valence-corrected chi connectivity index (χ3v) is 2.17. The molecule has 100 valence electrons. The lowest BCUT2D eigenvalue weighted by Crippen LogP contribution is -2.10. The average molecular weight is 270 g/mol. The van der Waals surface area contributed by atoms with Gasteiger partial charge in [-0.3, -0.25) is 0 Å². The Bertz CT molecular complexity index is 589. The van der Waals surface area contributed by atoms with Crippen molar-refractivity contribution in [2.45, 2.75) is 6.18 Å². The predicted octanol–water partition coefficient (Wildman–Crippen LogP) is 1.46. The Hall–Kier alpha value is -2.58. The number of hydrogen-bond acceptors (Lipinski definition) is 5. The summed E-state index contributed by atoms with van der Waals surface area (Å²) in [6, 6.07) is 4.77. The zero-order valence-corrected chi connectivity index (χ0v) is 9.46. The van der Waals surface area contributed by atoms with Gasteiger partial charge in [0.25, 0.3) is 5.95 Å². The molecule has 0 bridgehead atoms. The molecule has 2 rings (SSSR count). The molecule has 1 aromatic heterocycles. The van der Waals surface area contributed by atoms with Crippen molar-refractivity contribution >= 4 is 12.2 Å². The minimum absolute atomic E-state index is 0.170. The van der Waals surface area contributed by atoms with Crippen LogP contribution in [0.3, 0.4) is 0 Å². The van der Waals surface area contributed by atoms with Gasteiger partial charge in [0.05, 0.1) is 11.8 Å². The maximum Gasteiger partial charge on any atom is 0.416 e. The molecule has 2 aromatic rings. The number of anilines is 1. The molecule has 9 heteroatoms. The fourth-order valence-corrected chi connectivity index (χ4v) is 1.28. The number of nitrogens with two attached hydrogens (primary N) is 1. The van der Waals surface area contributed by atoms with Crippen LogP contribution in [0.2, 0.25) is 0 Å². The molecule has 6 nitrogen and oxygen atoms in total. The molecule has 0 fully saturated rings. The first kappa shape index (κ1) is 12.9. The van der Waals surface area contributed by atoms with Crippen LogP contribution < -0.4 is 11.3 Å². The van der Waals surface area contributed by atoms with Gasteiger partial charge in [0.15, 0.2) is 0 Å². The van der Waals surface area contributed by atoms with Crippen molar-refractivity contribution in [2.75, 3.05) is 11.3 Å². The summed E-state index contributed by atoms with van der Waals surface area (Å²) >= 11 is 0. The molecule has 3 N–H and O–H groups in total. The number of nitrogen functional groups attached to an aromatic ring is 1. The van der Waals surface area contributed by atoms with E-state index in [1.165, 1.54) is 24.7 Å². The molecule has 0 amide bonds. The van der Waals surface area contributed by atoms with Crippen LogP contribution in [0.4, 0.5) is 19.1 Å². The number of nitrogens with one attached hydrogen (secondary N) is 1. The third-order valence-electron chi connectivity index (χ3n) is 2.17. The molecule has 19 heavy (non-hydrogen) atoms. The first-order valence-corrected chi connectivity index (χ1v) is 5.08. The summed E-state index contributed by atoms with van der Waals surface area (Å²) < 4.78 is 38.5. The summed E-state index contributed by atoms with van der Waals surface area (Å²) in [7, 11) is 0. The Morgan fingerprint density at radius 1 is 1.37 bits per heavy atom. The molecule has 0 saturated heterocycles. The SMILES string of the molecule is Nn1cnnc1NN=Cc1cccc(C(F)(F)F)c1. The van der Waals surface area contributed by atoms with Crippen molar-refractivity contribution in [3.63, 3.8) is 0 Å². The lowest BCUT2D eigenvalue weighted by atomic mass is 10.1. The van der Waals surface area contributed by atoms with Gasteiger partial charge in [-0.1, -0.05) is 12.1 Å². The molecule has 0 unspecified atom stereocenters. The smallest absolute Gasteiger partial charge is 0.335 e. The fraction of sp³-hybridized carbons (Fsp3) is 0.100. The molecule has 0 spiro atoms. The van der Waals surface area contributed by atoms with Gasteiger partial charge in [-0.2, -0.15) is 18.3 Å². The van der Waals surface area contributed by atoms with E-state index in [9.17, 15) is 13.2 Å². The molecule has 1 heterocycles. The maximum absolute atomic E-state index is 12.5. The van der Waals surface area contributed by atoms with Gasteiger partial charge in [-0.05, 0) is 17.7 Å². The molecule has 0 aliphatic carbocycles. The van der Waals surface area contributed by atoms with E-state index in [2.05, 4.69) is 20.7 Å². The fourth-order valence-electron chi connectivity index (χ4n) is 1.28. The quantitative estimate of drug-likeness (QED) is 0.502. The molecule has 0 aliphatic rings. The zero-order valence-electron chi connectivity index (χ0n) is 9.46. The van der Waals surface area contributed by atoms with Gasteiger partial charge in [0.1, 0.15) is 6.33 Å². The summed E-state index contributed by atoms with van der Waals surface area (Å²) in [6.07, 6.45) is -1.90. The topological polar surface area (TPSA) is 81.1 Å². The molecular weight excluding hydrogens is 261 g/mol. The predicted molar refractivity (Wildman–Crippen MR) is 62.8 cm³/mol. The van der Waals surface area contributed by atoms with E-state index in [1.807, 2.05) is 0 Å². The number of benzene rings is 1. The monoisotopic (exact) mass is 270 g/mol. The third kappa shape index (κ3) is 3.21. The van der Waals surface area contributed by atoms with Gasteiger partial charge in [0, 0.05) is 0 Å². The minimum Gasteiger partial charge on any atom is -0.335 e. The average Bonchev–Trinajstić information content (AvgIpc) is 2.75. The van der Waals surface area contributed by atoms with Crippen LogP contribution in [-0.4, -0.2) is 21.1 Å². The van der Waals surface area contributed by atoms with Crippen LogP contribution in [0.25, 0.3) is 0 Å². The number of alkyl halides is 3. The zero-order chi connectivity index (χ0) is 13.9. The van der Waals surface area contributed by atoms with E-state index in [-0.39, 0.29) is 5.95 Å². The van der Waals surface area contributed by atoms with E-state index >= 15 is 0 Å². The lowest BCUT2D eigenvalue weighted by Gasteiger charge is -2.06. The summed E-state index contributed by atoms with van der Waals surface area (Å²) in [5.41, 5.74) is 2.01. The Morgan fingerprint density at radius 2 is 2.16 bits per heavy atom. The molecule has 0 radical (unpaired) electrons. The molecule has 0 aliphatic heterocycles. The highest BCUT2D eigenvalue weighted by atomic mass is 19.4. The summed E-state index contributed by atoms with van der Waals surface area (Å²) in [6.45, 7) is 0. The van der Waals surface area contributed by atoms with Crippen molar-refractivity contribution in [1.82, 2.24) is 14.9 Å². The van der Waals surface area contributed by atoms with Gasteiger partial charge >= 0.3 is 6.18 Å². The van der Waals surface area contributed by atoms with Gasteiger partial charge in [-0.15, -0.1) is 10.2 Å². The van der Waals surface area contributed by atoms with Crippen molar-refractivity contribution in [3.8, 4) is 0 Å². The van der Waals surface area contributed by atoms with Crippen molar-refractivity contribution in [2.24, 2.45) is 5.10 Å². The second kappa shape index (κ2) is 4.96. The van der Waals surface area contributed by atoms with Crippen molar-refractivity contribution in [3.05, 3.63) is 41.7 Å². The number of rotatable bonds is 3. The highest BCUT2D eigenvalue weighted by Gasteiger charge is 2.30. The van der Waals surface area contributed by atoms with Crippen molar-refractivity contribution < 1.29 is 13.2 Å². The van der Waals surface area contributed by atoms with Crippen molar-refractivity contribution in [1.29, 1.82) is 0 Å². The van der Waals surface area contributed by atoms with E-state index in [0.29, 0.717) is 5.56 Å². The van der Waals surface area contributed by atoms with Crippen LogP contribution in [-0.2, 0) is 6.18 Å². The Kier molecular flexibility index (Phi) is 3.36. The molecular formula is C10H9F3N6. The minimum atomic E-state index is -4.38. The Labute approximate surface area is 105 Å². The number of hydrazone groups is 1. The van der Waals surface area contributed by atoms with Gasteiger partial charge < -0.3 is 5.84 Å². The van der Waals surface area contributed by atoms with Crippen LogP contribution in [0.15, 0.2) is 35.7 Å². The summed E-state index contributed by atoms with van der Waals surface area (Å²) in [5.74, 6) is 5.58. The Morgan fingerprint density at radius 3 is 2.79 bits per heavy atom. The van der Waals surface area contributed by atoms with Crippen LogP contribution in [0.1, 0.15) is 11.1 Å². The molecule has 0 atom stereocenters. The standard InChI is InChI=1S/C10H9F3N6/c11-10(12,13)8-3-1-2-7(4-8)5-15-17-9-18-16-6-19(9)14/h1-6H,14H2,(H,17,18). The Balaban J connectivity index is 2.09. The molecule has 1 aromatic carbocycles. The van der Waals surface area contributed by atoms with E-state index in [4.69, 9.17) is 5.84 Å².